The number of benzene rings is 1. The van der Waals surface area contributed by atoms with Crippen LogP contribution in [0.4, 0.5) is 0 Å². The van der Waals surface area contributed by atoms with E-state index >= 15 is 0 Å². The van der Waals surface area contributed by atoms with Crippen LogP contribution in [0.3, 0.4) is 0 Å². The quantitative estimate of drug-likeness (QED) is 0.494. The Kier molecular flexibility index (Phi) is 5.69. The molecule has 0 radical (unpaired) electrons. The fourth-order valence-electron chi connectivity index (χ4n) is 3.53. The minimum absolute atomic E-state index is 0.241. The first-order valence-corrected chi connectivity index (χ1v) is 9.82. The molecule has 0 saturated carbocycles. The highest BCUT2D eigenvalue weighted by Gasteiger charge is 2.20. The van der Waals surface area contributed by atoms with Crippen LogP contribution < -0.4 is 10.6 Å². The summed E-state index contributed by atoms with van der Waals surface area (Å²) in [6.07, 6.45) is 3.56. The van der Waals surface area contributed by atoms with Gasteiger partial charge in [0.25, 0.3) is 0 Å². The number of rotatable bonds is 6. The molecule has 4 rings (SSSR count). The molecular formula is C21H25N7O. The van der Waals surface area contributed by atoms with Gasteiger partial charge in [0.1, 0.15) is 0 Å². The lowest BCUT2D eigenvalue weighted by atomic mass is 10.1. The fourth-order valence-corrected chi connectivity index (χ4v) is 3.53. The Bertz CT molecular complexity index is 1030. The third-order valence-corrected chi connectivity index (χ3v) is 5.12. The number of amides is 1. The molecular weight excluding hydrogens is 366 g/mol. The average molecular weight is 391 g/mol. The van der Waals surface area contributed by atoms with Crippen molar-refractivity contribution in [2.45, 2.75) is 32.5 Å². The first-order valence-electron chi connectivity index (χ1n) is 9.82. The summed E-state index contributed by atoms with van der Waals surface area (Å²) in [5, 5.41) is 15.0. The molecule has 0 atom stereocenters. The Morgan fingerprint density at radius 1 is 1.07 bits per heavy atom. The van der Waals surface area contributed by atoms with Gasteiger partial charge in [-0.2, -0.15) is 0 Å². The summed E-state index contributed by atoms with van der Waals surface area (Å²) in [6.45, 7) is 2.64. The standard InChI is InChI=1S/C21H25N7O/c1-22-21(24-14-19-26-25-18-9-4-5-12-28(18)19)23-13-16-7-2-3-8-17(16)15-27-11-6-10-20(27)29/h2-5,7-9,12H,6,10-11,13-15H2,1H3,(H2,22,23,24). The molecule has 0 unspecified atom stereocenters. The number of aliphatic imine (C=N–C) groups is 1. The molecule has 8 nitrogen and oxygen atoms in total. The van der Waals surface area contributed by atoms with Gasteiger partial charge >= 0.3 is 0 Å². The van der Waals surface area contributed by atoms with Crippen LogP contribution in [0.5, 0.6) is 0 Å². The van der Waals surface area contributed by atoms with E-state index in [4.69, 9.17) is 0 Å². The summed E-state index contributed by atoms with van der Waals surface area (Å²) >= 11 is 0. The molecule has 1 fully saturated rings. The van der Waals surface area contributed by atoms with Crippen LogP contribution in [0, 0.1) is 0 Å². The molecule has 1 aromatic carbocycles. The van der Waals surface area contributed by atoms with Gasteiger partial charge in [-0.05, 0) is 29.7 Å². The molecule has 1 amide bonds. The molecule has 8 heteroatoms. The maximum absolute atomic E-state index is 12.0. The van der Waals surface area contributed by atoms with E-state index in [0.717, 1.165) is 35.6 Å². The lowest BCUT2D eigenvalue weighted by Gasteiger charge is -2.19. The minimum atomic E-state index is 0.241. The van der Waals surface area contributed by atoms with E-state index in [1.165, 1.54) is 0 Å². The van der Waals surface area contributed by atoms with Gasteiger partial charge in [-0.1, -0.05) is 30.3 Å². The van der Waals surface area contributed by atoms with Gasteiger partial charge in [-0.15, -0.1) is 10.2 Å². The smallest absolute Gasteiger partial charge is 0.222 e. The summed E-state index contributed by atoms with van der Waals surface area (Å²) in [4.78, 5) is 18.2. The Morgan fingerprint density at radius 3 is 2.66 bits per heavy atom. The highest BCUT2D eigenvalue weighted by molar-refractivity contribution is 5.79. The molecule has 1 saturated heterocycles. The number of pyridine rings is 1. The van der Waals surface area contributed by atoms with E-state index in [2.05, 4.69) is 38.0 Å². The number of hydrogen-bond donors (Lipinski definition) is 2. The van der Waals surface area contributed by atoms with Gasteiger partial charge in [-0.25, -0.2) is 0 Å². The van der Waals surface area contributed by atoms with E-state index in [9.17, 15) is 4.79 Å². The average Bonchev–Trinajstić information content (AvgIpc) is 3.35. The summed E-state index contributed by atoms with van der Waals surface area (Å²) in [7, 11) is 1.74. The Hall–Kier alpha value is -3.42. The number of nitrogens with one attached hydrogen (secondary N) is 2. The zero-order valence-electron chi connectivity index (χ0n) is 16.5. The number of guanidine groups is 1. The van der Waals surface area contributed by atoms with Crippen molar-refractivity contribution < 1.29 is 4.79 Å². The van der Waals surface area contributed by atoms with Gasteiger partial charge in [0.05, 0.1) is 6.54 Å². The maximum atomic E-state index is 12.0. The topological polar surface area (TPSA) is 86.9 Å². The molecule has 0 aliphatic carbocycles. The molecule has 3 aromatic rings. The summed E-state index contributed by atoms with van der Waals surface area (Å²) in [5.41, 5.74) is 3.13. The van der Waals surface area contributed by atoms with Crippen LogP contribution in [-0.2, 0) is 24.4 Å². The van der Waals surface area contributed by atoms with Gasteiger partial charge in [0.2, 0.25) is 5.91 Å². The van der Waals surface area contributed by atoms with E-state index in [0.29, 0.717) is 32.0 Å². The van der Waals surface area contributed by atoms with Crippen molar-refractivity contribution in [3.05, 3.63) is 65.6 Å². The second kappa shape index (κ2) is 8.72. The van der Waals surface area contributed by atoms with Crippen LogP contribution >= 0.6 is 0 Å². The molecule has 3 heterocycles. The second-order valence-corrected chi connectivity index (χ2v) is 7.01. The van der Waals surface area contributed by atoms with Crippen LogP contribution in [0.25, 0.3) is 5.65 Å². The van der Waals surface area contributed by atoms with E-state index in [1.54, 1.807) is 7.05 Å². The van der Waals surface area contributed by atoms with Gasteiger partial charge in [0, 0.05) is 39.3 Å². The molecule has 1 aliphatic rings. The highest BCUT2D eigenvalue weighted by atomic mass is 16.2. The third kappa shape index (κ3) is 4.37. The SMILES string of the molecule is CN=C(NCc1ccccc1CN1CCCC1=O)NCc1nnc2ccccn12. The molecule has 0 bridgehead atoms. The lowest BCUT2D eigenvalue weighted by molar-refractivity contribution is -0.128. The van der Waals surface area contributed by atoms with Crippen LogP contribution in [0.2, 0.25) is 0 Å². The largest absolute Gasteiger partial charge is 0.352 e. The van der Waals surface area contributed by atoms with Crippen LogP contribution in [0.1, 0.15) is 29.8 Å². The third-order valence-electron chi connectivity index (χ3n) is 5.12. The Morgan fingerprint density at radius 2 is 1.86 bits per heavy atom. The van der Waals surface area contributed by atoms with Gasteiger partial charge in [0.15, 0.2) is 17.4 Å². The van der Waals surface area contributed by atoms with E-state index in [-0.39, 0.29) is 5.91 Å². The van der Waals surface area contributed by atoms with Gasteiger partial charge in [-0.3, -0.25) is 14.2 Å². The predicted molar refractivity (Wildman–Crippen MR) is 111 cm³/mol. The zero-order valence-corrected chi connectivity index (χ0v) is 16.5. The summed E-state index contributed by atoms with van der Waals surface area (Å²) in [5.74, 6) is 1.74. The molecule has 2 aromatic heterocycles. The Balaban J connectivity index is 1.37. The van der Waals surface area contributed by atoms with Crippen molar-refractivity contribution >= 4 is 17.5 Å². The second-order valence-electron chi connectivity index (χ2n) is 7.01. The first kappa shape index (κ1) is 18.9. The molecule has 2 N–H and O–H groups in total. The monoisotopic (exact) mass is 391 g/mol. The van der Waals surface area contributed by atoms with Crippen molar-refractivity contribution in [1.29, 1.82) is 0 Å². The van der Waals surface area contributed by atoms with Crippen LogP contribution in [0.15, 0.2) is 53.7 Å². The number of likely N-dealkylation sites (tertiary alicyclic amines) is 1. The van der Waals surface area contributed by atoms with Crippen molar-refractivity contribution in [2.24, 2.45) is 4.99 Å². The Labute approximate surface area is 169 Å². The zero-order chi connectivity index (χ0) is 20.1. The van der Waals surface area contributed by atoms with E-state index in [1.807, 2.05) is 45.8 Å². The van der Waals surface area contributed by atoms with Crippen molar-refractivity contribution in [3.63, 3.8) is 0 Å². The normalized spacial score (nSPS) is 14.6. The molecule has 150 valence electrons. The molecule has 29 heavy (non-hydrogen) atoms. The van der Waals surface area contributed by atoms with E-state index < -0.39 is 0 Å². The number of nitrogens with zero attached hydrogens (tertiary/aromatic N) is 5. The number of aromatic nitrogens is 3. The van der Waals surface area contributed by atoms with Gasteiger partial charge < -0.3 is 15.5 Å². The summed E-state index contributed by atoms with van der Waals surface area (Å²) in [6, 6.07) is 14.0. The fraction of sp³-hybridized carbons (Fsp3) is 0.333. The summed E-state index contributed by atoms with van der Waals surface area (Å²) < 4.78 is 1.95. The number of hydrogen-bond acceptors (Lipinski definition) is 4. The minimum Gasteiger partial charge on any atom is -0.352 e. The van der Waals surface area contributed by atoms with Crippen molar-refractivity contribution in [1.82, 2.24) is 30.1 Å². The number of fused-ring (bicyclic) bond motifs is 1. The van der Waals surface area contributed by atoms with Crippen LogP contribution in [-0.4, -0.2) is 45.0 Å². The predicted octanol–water partition coefficient (Wildman–Crippen LogP) is 1.72. The maximum Gasteiger partial charge on any atom is 0.222 e. The lowest BCUT2D eigenvalue weighted by Crippen LogP contribution is -2.37. The number of carbonyl (C=O) groups is 1. The number of carbonyl (C=O) groups excluding carboxylic acids is 1. The van der Waals surface area contributed by atoms with Crippen molar-refractivity contribution in [2.75, 3.05) is 13.6 Å². The first-order chi connectivity index (χ1) is 14.2. The van der Waals surface area contributed by atoms with Crippen molar-refractivity contribution in [3.8, 4) is 0 Å². The highest BCUT2D eigenvalue weighted by Crippen LogP contribution is 2.17. The molecule has 0 spiro atoms. The molecule has 1 aliphatic heterocycles.